The Morgan fingerprint density at radius 1 is 1.32 bits per heavy atom. The number of hydrogen-bond acceptors (Lipinski definition) is 12. The fraction of sp³-hybridized carbons (Fsp3) is 0.800. The molecule has 1 aliphatic heterocycles. The van der Waals surface area contributed by atoms with Crippen molar-refractivity contribution in [2.45, 2.75) is 12.1 Å². The maximum atomic E-state index is 9.81. The molecule has 0 bridgehead atoms. The van der Waals surface area contributed by atoms with Crippen LogP contribution in [0.25, 0.3) is 0 Å². The maximum absolute atomic E-state index is 9.81. The summed E-state index contributed by atoms with van der Waals surface area (Å²) in [4.78, 5) is 25.2. The topological polar surface area (TPSA) is 135 Å². The number of hydrogen-bond donors (Lipinski definition) is 4. The molecular formula is C10H22N6O6. The highest BCUT2D eigenvalue weighted by molar-refractivity contribution is 5.80. The zero-order chi connectivity index (χ0) is 16.8. The Kier molecular flexibility index (Phi) is 7.05. The Labute approximate surface area is 127 Å². The minimum absolute atomic E-state index is 0.0280. The Hall–Kier alpha value is -1.38. The zero-order valence-corrected chi connectivity index (χ0v) is 12.7. The minimum Gasteiger partial charge on any atom is -0.390 e. The van der Waals surface area contributed by atoms with E-state index in [-0.39, 0.29) is 5.96 Å². The van der Waals surface area contributed by atoms with E-state index in [0.29, 0.717) is 0 Å². The molecule has 2 atom stereocenters. The molecule has 12 heteroatoms. The van der Waals surface area contributed by atoms with Crippen molar-refractivity contribution in [1.29, 1.82) is 0 Å². The van der Waals surface area contributed by atoms with E-state index in [2.05, 4.69) is 22.2 Å². The number of aliphatic hydroxyl groups excluding tert-OH is 3. The van der Waals surface area contributed by atoms with Crippen molar-refractivity contribution in [3.05, 3.63) is 0 Å². The van der Waals surface area contributed by atoms with Gasteiger partial charge in [0.15, 0.2) is 0 Å². The number of rotatable bonds is 8. The third-order valence-electron chi connectivity index (χ3n) is 3.17. The third kappa shape index (κ3) is 3.04. The molecule has 22 heavy (non-hydrogen) atoms. The van der Waals surface area contributed by atoms with Gasteiger partial charge in [-0.2, -0.15) is 4.90 Å². The standard InChI is InChI=1S/C10H22N6O6/c1-11-10(5-17)14(6-18)8(13-20-2)12-9(15(10)7-19)16(21-3)22-4/h9,17-19H,1,5-7H2,2-4H3,(H,12,13). The lowest BCUT2D eigenvalue weighted by atomic mass is 10.2. The Morgan fingerprint density at radius 2 is 1.95 bits per heavy atom. The number of nitrogens with one attached hydrogen (secondary N) is 1. The van der Waals surface area contributed by atoms with Gasteiger partial charge in [-0.25, -0.2) is 10.5 Å². The first-order valence-corrected chi connectivity index (χ1v) is 6.19. The zero-order valence-electron chi connectivity index (χ0n) is 12.7. The van der Waals surface area contributed by atoms with Gasteiger partial charge in [-0.1, -0.05) is 0 Å². The third-order valence-corrected chi connectivity index (χ3v) is 3.17. The molecule has 1 heterocycles. The van der Waals surface area contributed by atoms with E-state index in [1.165, 1.54) is 26.2 Å². The second-order valence-electron chi connectivity index (χ2n) is 4.03. The van der Waals surface area contributed by atoms with Crippen LogP contribution in [0.15, 0.2) is 9.98 Å². The normalized spacial score (nSPS) is 26.2. The summed E-state index contributed by atoms with van der Waals surface area (Å²) in [6, 6.07) is 0. The first-order chi connectivity index (χ1) is 10.6. The van der Waals surface area contributed by atoms with Crippen LogP contribution in [-0.4, -0.2) is 96.5 Å². The van der Waals surface area contributed by atoms with Crippen LogP contribution in [0.1, 0.15) is 0 Å². The molecule has 4 N–H and O–H groups in total. The second-order valence-corrected chi connectivity index (χ2v) is 4.03. The smallest absolute Gasteiger partial charge is 0.226 e. The van der Waals surface area contributed by atoms with Gasteiger partial charge in [0.05, 0.1) is 21.3 Å². The number of aliphatic hydroxyl groups is 3. The Bertz CT molecular complexity index is 394. The van der Waals surface area contributed by atoms with Crippen molar-refractivity contribution in [1.82, 2.24) is 20.5 Å². The summed E-state index contributed by atoms with van der Waals surface area (Å²) < 4.78 is 0. The summed E-state index contributed by atoms with van der Waals surface area (Å²) in [6.07, 6.45) is -1.04. The van der Waals surface area contributed by atoms with Crippen molar-refractivity contribution < 1.29 is 29.8 Å². The largest absolute Gasteiger partial charge is 0.390 e. The van der Waals surface area contributed by atoms with Crippen LogP contribution in [0.3, 0.4) is 0 Å². The van der Waals surface area contributed by atoms with Gasteiger partial charge < -0.3 is 15.3 Å². The lowest BCUT2D eigenvalue weighted by molar-refractivity contribution is -0.398. The molecule has 1 aliphatic rings. The van der Waals surface area contributed by atoms with Crippen molar-refractivity contribution in [3.8, 4) is 0 Å². The lowest BCUT2D eigenvalue weighted by Gasteiger charge is -2.51. The highest BCUT2D eigenvalue weighted by Crippen LogP contribution is 2.30. The van der Waals surface area contributed by atoms with Gasteiger partial charge in [-0.15, -0.1) is 0 Å². The second kappa shape index (κ2) is 8.30. The summed E-state index contributed by atoms with van der Waals surface area (Å²) in [7, 11) is 4.01. The van der Waals surface area contributed by atoms with Crippen molar-refractivity contribution in [2.75, 3.05) is 41.4 Å². The molecule has 0 spiro atoms. The van der Waals surface area contributed by atoms with E-state index in [1.54, 1.807) is 0 Å². The predicted molar refractivity (Wildman–Crippen MR) is 74.4 cm³/mol. The van der Waals surface area contributed by atoms with Gasteiger partial charge >= 0.3 is 0 Å². The average molecular weight is 322 g/mol. The first-order valence-electron chi connectivity index (χ1n) is 6.19. The molecule has 0 radical (unpaired) electrons. The van der Waals surface area contributed by atoms with Crippen LogP contribution in [0.5, 0.6) is 0 Å². The molecule has 0 saturated carbocycles. The summed E-state index contributed by atoms with van der Waals surface area (Å²) in [5.74, 6) is -1.59. The fourth-order valence-corrected chi connectivity index (χ4v) is 2.12. The summed E-state index contributed by atoms with van der Waals surface area (Å²) >= 11 is 0. The quantitative estimate of drug-likeness (QED) is 0.271. The van der Waals surface area contributed by atoms with E-state index >= 15 is 0 Å². The molecule has 128 valence electrons. The number of guanidine groups is 1. The molecule has 0 aromatic carbocycles. The van der Waals surface area contributed by atoms with Crippen molar-refractivity contribution in [3.63, 3.8) is 0 Å². The monoisotopic (exact) mass is 322 g/mol. The Morgan fingerprint density at radius 3 is 2.32 bits per heavy atom. The van der Waals surface area contributed by atoms with Gasteiger partial charge in [0.25, 0.3) is 0 Å². The average Bonchev–Trinajstić information content (AvgIpc) is 2.55. The van der Waals surface area contributed by atoms with Crippen LogP contribution in [0.4, 0.5) is 0 Å². The SMILES string of the molecule is C=NC1(CO)N(CO)C(NOC)=NC(N(OC)OC)N1CO. The molecule has 2 unspecified atom stereocenters. The molecule has 0 aromatic heterocycles. The highest BCUT2D eigenvalue weighted by Gasteiger charge is 2.51. The molecule has 0 saturated heterocycles. The van der Waals surface area contributed by atoms with Gasteiger partial charge in [-0.3, -0.25) is 24.4 Å². The van der Waals surface area contributed by atoms with E-state index < -0.39 is 32.1 Å². The first kappa shape index (κ1) is 18.7. The summed E-state index contributed by atoms with van der Waals surface area (Å²) in [6.45, 7) is 1.64. The molecule has 0 aromatic rings. The molecule has 0 fully saturated rings. The van der Waals surface area contributed by atoms with Gasteiger partial charge in [0.2, 0.25) is 18.0 Å². The molecule has 1 rings (SSSR count). The van der Waals surface area contributed by atoms with Crippen molar-refractivity contribution in [2.24, 2.45) is 9.98 Å². The van der Waals surface area contributed by atoms with E-state index in [9.17, 15) is 15.3 Å². The minimum atomic E-state index is -1.62. The molecule has 0 amide bonds. The molecule has 12 nitrogen and oxygen atoms in total. The van der Waals surface area contributed by atoms with Crippen LogP contribution in [0, 0.1) is 0 Å². The number of nitrogens with zero attached hydrogens (tertiary/aromatic N) is 5. The lowest BCUT2D eigenvalue weighted by Crippen LogP contribution is -2.73. The van der Waals surface area contributed by atoms with E-state index in [4.69, 9.17) is 14.5 Å². The van der Waals surface area contributed by atoms with E-state index in [1.807, 2.05) is 0 Å². The van der Waals surface area contributed by atoms with Gasteiger partial charge in [0, 0.05) is 0 Å². The van der Waals surface area contributed by atoms with Crippen molar-refractivity contribution >= 4 is 12.7 Å². The fourth-order valence-electron chi connectivity index (χ4n) is 2.12. The van der Waals surface area contributed by atoms with Gasteiger partial charge in [-0.05, 0) is 11.9 Å². The summed E-state index contributed by atoms with van der Waals surface area (Å²) in [5, 5.41) is 30.1. The Balaban J connectivity index is 3.43. The van der Waals surface area contributed by atoms with E-state index in [0.717, 1.165) is 10.1 Å². The van der Waals surface area contributed by atoms with Gasteiger partial charge in [0.1, 0.15) is 20.1 Å². The number of hydroxylamine groups is 3. The highest BCUT2D eigenvalue weighted by atomic mass is 16.9. The van der Waals surface area contributed by atoms with Crippen LogP contribution in [0.2, 0.25) is 0 Å². The number of aliphatic imine (C=N–C) groups is 2. The van der Waals surface area contributed by atoms with Crippen LogP contribution >= 0.6 is 0 Å². The van der Waals surface area contributed by atoms with Crippen LogP contribution < -0.4 is 5.48 Å². The molecular weight excluding hydrogens is 300 g/mol. The summed E-state index contributed by atoms with van der Waals surface area (Å²) in [5.41, 5.74) is 2.46. The molecule has 0 aliphatic carbocycles. The maximum Gasteiger partial charge on any atom is 0.226 e. The predicted octanol–water partition coefficient (Wildman–Crippen LogP) is -2.93. The van der Waals surface area contributed by atoms with Crippen LogP contribution in [-0.2, 0) is 14.5 Å².